The average Bonchev–Trinajstić information content (AvgIpc) is 2.59. The summed E-state index contributed by atoms with van der Waals surface area (Å²) in [4.78, 5) is 19.8. The fraction of sp³-hybridized carbons (Fsp3) is 0.238. The van der Waals surface area contributed by atoms with Gasteiger partial charge in [0.2, 0.25) is 0 Å². The van der Waals surface area contributed by atoms with Crippen LogP contribution in [0.2, 0.25) is 0 Å². The number of fused-ring (bicyclic) bond motifs is 2. The summed E-state index contributed by atoms with van der Waals surface area (Å²) in [6.45, 7) is 4.81. The third kappa shape index (κ3) is 2.46. The predicted octanol–water partition coefficient (Wildman–Crippen LogP) is 4.44. The van der Waals surface area contributed by atoms with Gasteiger partial charge in [-0.2, -0.15) is 0 Å². The van der Waals surface area contributed by atoms with Crippen LogP contribution in [0.15, 0.2) is 48.5 Å². The normalized spacial score (nSPS) is 13.8. The molecule has 120 valence electrons. The van der Waals surface area contributed by atoms with Crippen LogP contribution < -0.4 is 4.90 Å². The number of aromatic nitrogens is 1. The Kier molecular flexibility index (Phi) is 3.57. The molecule has 0 atom stereocenters. The molecule has 2 heterocycles. The Bertz CT molecular complexity index is 946. The van der Waals surface area contributed by atoms with Crippen LogP contribution in [-0.2, 0) is 6.42 Å². The fourth-order valence-electron chi connectivity index (χ4n) is 3.57. The standard InChI is InChI=1S/C21H20N2O/c1-14-9-10-20-16(12-14)6-5-11-23(20)21(24)18-13-15(2)22-19-8-4-3-7-17(18)19/h3-4,7-10,12-13H,5-6,11H2,1-2H3. The number of aryl methyl sites for hydroxylation is 3. The van der Waals surface area contributed by atoms with Crippen molar-refractivity contribution in [2.75, 3.05) is 11.4 Å². The van der Waals surface area contributed by atoms with Crippen LogP contribution in [-0.4, -0.2) is 17.4 Å². The van der Waals surface area contributed by atoms with E-state index in [2.05, 4.69) is 30.1 Å². The molecule has 0 spiro atoms. The Hall–Kier alpha value is -2.68. The van der Waals surface area contributed by atoms with Gasteiger partial charge in [0.15, 0.2) is 0 Å². The first-order valence-corrected chi connectivity index (χ1v) is 8.41. The molecule has 1 aliphatic heterocycles. The van der Waals surface area contributed by atoms with E-state index >= 15 is 0 Å². The zero-order valence-corrected chi connectivity index (χ0v) is 14.0. The number of hydrogen-bond donors (Lipinski definition) is 0. The van der Waals surface area contributed by atoms with E-state index in [9.17, 15) is 4.79 Å². The van der Waals surface area contributed by atoms with Crippen LogP contribution in [0.25, 0.3) is 10.9 Å². The number of amides is 1. The maximum absolute atomic E-state index is 13.3. The van der Waals surface area contributed by atoms with Gasteiger partial charge in [0.1, 0.15) is 0 Å². The van der Waals surface area contributed by atoms with Crippen molar-refractivity contribution in [2.45, 2.75) is 26.7 Å². The number of hydrogen-bond acceptors (Lipinski definition) is 2. The van der Waals surface area contributed by atoms with Crippen LogP contribution in [0.3, 0.4) is 0 Å². The van der Waals surface area contributed by atoms with Crippen LogP contribution in [0.4, 0.5) is 5.69 Å². The molecule has 2 aromatic carbocycles. The molecule has 0 saturated carbocycles. The molecule has 3 aromatic rings. The van der Waals surface area contributed by atoms with E-state index in [1.54, 1.807) is 0 Å². The molecule has 1 aliphatic rings. The summed E-state index contributed by atoms with van der Waals surface area (Å²) in [5.41, 5.74) is 6.06. The predicted molar refractivity (Wildman–Crippen MR) is 97.7 cm³/mol. The van der Waals surface area contributed by atoms with Gasteiger partial charge in [0, 0.05) is 23.3 Å². The molecule has 0 aliphatic carbocycles. The van der Waals surface area contributed by atoms with Gasteiger partial charge in [0.25, 0.3) is 5.91 Å². The van der Waals surface area contributed by atoms with Crippen LogP contribution in [0.1, 0.15) is 33.6 Å². The summed E-state index contributed by atoms with van der Waals surface area (Å²) in [6.07, 6.45) is 2.04. The van der Waals surface area contributed by atoms with Gasteiger partial charge in [-0.15, -0.1) is 0 Å². The maximum atomic E-state index is 13.3. The topological polar surface area (TPSA) is 33.2 Å². The van der Waals surface area contributed by atoms with Crippen molar-refractivity contribution in [1.29, 1.82) is 0 Å². The zero-order chi connectivity index (χ0) is 16.7. The number of nitrogens with zero attached hydrogens (tertiary/aromatic N) is 2. The highest BCUT2D eigenvalue weighted by atomic mass is 16.2. The summed E-state index contributed by atoms with van der Waals surface area (Å²) in [5.74, 6) is 0.0708. The highest BCUT2D eigenvalue weighted by molar-refractivity contribution is 6.14. The minimum Gasteiger partial charge on any atom is -0.308 e. The third-order valence-electron chi connectivity index (χ3n) is 4.67. The molecule has 3 heteroatoms. The molecule has 0 fully saturated rings. The van der Waals surface area contributed by atoms with Crippen molar-refractivity contribution < 1.29 is 4.79 Å². The summed E-state index contributed by atoms with van der Waals surface area (Å²) >= 11 is 0. The van der Waals surface area contributed by atoms with E-state index in [0.29, 0.717) is 0 Å². The monoisotopic (exact) mass is 316 g/mol. The second kappa shape index (κ2) is 5.75. The summed E-state index contributed by atoms with van der Waals surface area (Å²) in [6, 6.07) is 16.1. The Labute approximate surface area is 141 Å². The van der Waals surface area contributed by atoms with E-state index in [1.165, 1.54) is 11.1 Å². The Balaban J connectivity index is 1.84. The van der Waals surface area contributed by atoms with Gasteiger partial charge in [-0.25, -0.2) is 0 Å². The Morgan fingerprint density at radius 2 is 1.92 bits per heavy atom. The second-order valence-electron chi connectivity index (χ2n) is 6.52. The quantitative estimate of drug-likeness (QED) is 0.665. The Morgan fingerprint density at radius 3 is 2.79 bits per heavy atom. The van der Waals surface area contributed by atoms with Crippen LogP contribution in [0.5, 0.6) is 0 Å². The van der Waals surface area contributed by atoms with Crippen LogP contribution in [0, 0.1) is 13.8 Å². The SMILES string of the molecule is Cc1ccc2c(c1)CCCN2C(=O)c1cc(C)nc2ccccc12. The first-order chi connectivity index (χ1) is 11.6. The van der Waals surface area contributed by atoms with Gasteiger partial charge in [-0.1, -0.05) is 35.9 Å². The van der Waals surface area contributed by atoms with E-state index < -0.39 is 0 Å². The van der Waals surface area contributed by atoms with Crippen molar-refractivity contribution in [1.82, 2.24) is 4.98 Å². The lowest BCUT2D eigenvalue weighted by molar-refractivity contribution is 0.0986. The highest BCUT2D eigenvalue weighted by Gasteiger charge is 2.25. The molecular formula is C21H20N2O. The summed E-state index contributed by atoms with van der Waals surface area (Å²) < 4.78 is 0. The maximum Gasteiger partial charge on any atom is 0.259 e. The molecular weight excluding hydrogens is 296 g/mol. The van der Waals surface area contributed by atoms with Crippen molar-refractivity contribution in [3.05, 3.63) is 70.9 Å². The molecule has 24 heavy (non-hydrogen) atoms. The second-order valence-corrected chi connectivity index (χ2v) is 6.52. The van der Waals surface area contributed by atoms with E-state index in [0.717, 1.165) is 47.2 Å². The Morgan fingerprint density at radius 1 is 1.08 bits per heavy atom. The molecule has 0 unspecified atom stereocenters. The lowest BCUT2D eigenvalue weighted by atomic mass is 9.98. The van der Waals surface area contributed by atoms with Crippen molar-refractivity contribution in [2.24, 2.45) is 0 Å². The smallest absolute Gasteiger partial charge is 0.259 e. The number of carbonyl (C=O) groups is 1. The lowest BCUT2D eigenvalue weighted by Crippen LogP contribution is -2.35. The van der Waals surface area contributed by atoms with Crippen molar-refractivity contribution >= 4 is 22.5 Å². The lowest BCUT2D eigenvalue weighted by Gasteiger charge is -2.30. The van der Waals surface area contributed by atoms with Gasteiger partial charge >= 0.3 is 0 Å². The fourth-order valence-corrected chi connectivity index (χ4v) is 3.57. The highest BCUT2D eigenvalue weighted by Crippen LogP contribution is 2.30. The number of para-hydroxylation sites is 1. The molecule has 1 aromatic heterocycles. The molecule has 3 nitrogen and oxygen atoms in total. The third-order valence-corrected chi connectivity index (χ3v) is 4.67. The molecule has 0 saturated heterocycles. The van der Waals surface area contributed by atoms with Crippen molar-refractivity contribution in [3.63, 3.8) is 0 Å². The van der Waals surface area contributed by atoms with E-state index in [4.69, 9.17) is 0 Å². The zero-order valence-electron chi connectivity index (χ0n) is 14.0. The molecule has 0 N–H and O–H groups in total. The first-order valence-electron chi connectivity index (χ1n) is 8.41. The van der Waals surface area contributed by atoms with Gasteiger partial charge < -0.3 is 4.90 Å². The number of pyridine rings is 1. The minimum absolute atomic E-state index is 0.0708. The van der Waals surface area contributed by atoms with E-state index in [-0.39, 0.29) is 5.91 Å². The largest absolute Gasteiger partial charge is 0.308 e. The molecule has 0 radical (unpaired) electrons. The number of rotatable bonds is 1. The molecule has 0 bridgehead atoms. The number of anilines is 1. The minimum atomic E-state index is 0.0708. The molecule has 4 rings (SSSR count). The van der Waals surface area contributed by atoms with Gasteiger partial charge in [0.05, 0.1) is 11.1 Å². The van der Waals surface area contributed by atoms with Gasteiger partial charge in [-0.3, -0.25) is 9.78 Å². The summed E-state index contributed by atoms with van der Waals surface area (Å²) in [5, 5.41) is 0.923. The van der Waals surface area contributed by atoms with Crippen molar-refractivity contribution in [3.8, 4) is 0 Å². The summed E-state index contributed by atoms with van der Waals surface area (Å²) in [7, 11) is 0. The van der Waals surface area contributed by atoms with Crippen LogP contribution >= 0.6 is 0 Å². The number of benzene rings is 2. The van der Waals surface area contributed by atoms with Gasteiger partial charge in [-0.05, 0) is 50.5 Å². The molecule has 1 amide bonds. The first kappa shape index (κ1) is 14.9. The van der Waals surface area contributed by atoms with E-state index in [1.807, 2.05) is 42.2 Å². The number of carbonyl (C=O) groups excluding carboxylic acids is 1. The average molecular weight is 316 g/mol.